The van der Waals surface area contributed by atoms with Crippen molar-refractivity contribution in [3.05, 3.63) is 59.2 Å². The second-order valence-corrected chi connectivity index (χ2v) is 4.48. The highest BCUT2D eigenvalue weighted by molar-refractivity contribution is 5.93. The van der Waals surface area contributed by atoms with E-state index in [-0.39, 0.29) is 23.2 Å². The van der Waals surface area contributed by atoms with Gasteiger partial charge in [-0.15, -0.1) is 0 Å². The number of hydrogen-bond donors (Lipinski definition) is 1. The number of hydrogen-bond acceptors (Lipinski definition) is 3. The fraction of sp³-hybridized carbons (Fsp3) is 0.125. The highest BCUT2D eigenvalue weighted by Gasteiger charge is 2.12. The van der Waals surface area contributed by atoms with Crippen molar-refractivity contribution in [1.29, 1.82) is 5.26 Å². The van der Waals surface area contributed by atoms with E-state index in [0.29, 0.717) is 5.75 Å². The number of anilines is 1. The molecule has 4 nitrogen and oxygen atoms in total. The Kier molecular flexibility index (Phi) is 4.69. The van der Waals surface area contributed by atoms with Crippen LogP contribution in [0.2, 0.25) is 0 Å². The molecule has 6 heteroatoms. The summed E-state index contributed by atoms with van der Waals surface area (Å²) in [6, 6.07) is 9.40. The van der Waals surface area contributed by atoms with Crippen LogP contribution in [-0.4, -0.2) is 13.0 Å². The Hall–Kier alpha value is -2.94. The minimum Gasteiger partial charge on any atom is -0.497 e. The molecule has 0 aliphatic carbocycles. The number of carbonyl (C=O) groups is 1. The molecule has 0 saturated carbocycles. The number of halogens is 2. The zero-order valence-electron chi connectivity index (χ0n) is 11.7. The van der Waals surface area contributed by atoms with Crippen LogP contribution in [0.25, 0.3) is 0 Å². The van der Waals surface area contributed by atoms with Crippen molar-refractivity contribution in [1.82, 2.24) is 0 Å². The number of ether oxygens (including phenoxy) is 1. The van der Waals surface area contributed by atoms with Crippen LogP contribution in [0.4, 0.5) is 14.5 Å². The van der Waals surface area contributed by atoms with Gasteiger partial charge in [-0.05, 0) is 30.3 Å². The van der Waals surface area contributed by atoms with E-state index in [9.17, 15) is 13.6 Å². The maximum absolute atomic E-state index is 13.5. The molecule has 2 rings (SSSR count). The largest absolute Gasteiger partial charge is 0.497 e. The van der Waals surface area contributed by atoms with E-state index >= 15 is 0 Å². The van der Waals surface area contributed by atoms with Crippen molar-refractivity contribution in [2.75, 3.05) is 12.4 Å². The summed E-state index contributed by atoms with van der Waals surface area (Å²) in [6.07, 6.45) is -0.342. The first-order valence-corrected chi connectivity index (χ1v) is 6.35. The summed E-state index contributed by atoms with van der Waals surface area (Å²) in [6.45, 7) is 0. The predicted molar refractivity (Wildman–Crippen MR) is 76.4 cm³/mol. The maximum Gasteiger partial charge on any atom is 0.228 e. The van der Waals surface area contributed by atoms with Crippen molar-refractivity contribution in [2.45, 2.75) is 6.42 Å². The summed E-state index contributed by atoms with van der Waals surface area (Å²) >= 11 is 0. The van der Waals surface area contributed by atoms with Crippen molar-refractivity contribution in [2.24, 2.45) is 0 Å². The smallest absolute Gasteiger partial charge is 0.228 e. The summed E-state index contributed by atoms with van der Waals surface area (Å²) in [4.78, 5) is 12.0. The van der Waals surface area contributed by atoms with Crippen LogP contribution in [0.1, 0.15) is 11.1 Å². The van der Waals surface area contributed by atoms with Gasteiger partial charge in [-0.2, -0.15) is 5.26 Å². The molecule has 0 aromatic heterocycles. The summed E-state index contributed by atoms with van der Waals surface area (Å²) in [5.74, 6) is -1.38. The zero-order valence-corrected chi connectivity index (χ0v) is 11.7. The minimum atomic E-state index is -0.664. The molecule has 0 unspecified atom stereocenters. The van der Waals surface area contributed by atoms with Gasteiger partial charge in [-0.3, -0.25) is 4.79 Å². The van der Waals surface area contributed by atoms with Gasteiger partial charge in [-0.25, -0.2) is 8.78 Å². The van der Waals surface area contributed by atoms with Crippen LogP contribution in [0.5, 0.6) is 5.75 Å². The Bertz CT molecular complexity index is 754. The molecule has 0 bridgehead atoms. The van der Waals surface area contributed by atoms with Crippen molar-refractivity contribution >= 4 is 11.6 Å². The SMILES string of the molecule is COc1ccc(C#N)c(NC(=O)Cc2cc(F)ccc2F)c1. The molecule has 0 heterocycles. The van der Waals surface area contributed by atoms with Crippen LogP contribution in [0.3, 0.4) is 0 Å². The summed E-state index contributed by atoms with van der Waals surface area (Å²) in [5.41, 5.74) is 0.441. The van der Waals surface area contributed by atoms with Crippen molar-refractivity contribution in [3.63, 3.8) is 0 Å². The summed E-state index contributed by atoms with van der Waals surface area (Å²) in [5, 5.41) is 11.5. The van der Waals surface area contributed by atoms with E-state index in [1.54, 1.807) is 6.07 Å². The maximum atomic E-state index is 13.5. The van der Waals surface area contributed by atoms with Gasteiger partial charge in [0.2, 0.25) is 5.91 Å². The van der Waals surface area contributed by atoms with Gasteiger partial charge in [0, 0.05) is 11.6 Å². The Morgan fingerprint density at radius 2 is 2.05 bits per heavy atom. The van der Waals surface area contributed by atoms with Crippen LogP contribution < -0.4 is 10.1 Å². The fourth-order valence-electron chi connectivity index (χ4n) is 1.90. The Morgan fingerprint density at radius 3 is 2.73 bits per heavy atom. The molecule has 2 aromatic carbocycles. The standard InChI is InChI=1S/C16H12F2N2O2/c1-22-13-4-2-10(9-19)15(8-13)20-16(21)7-11-6-12(17)3-5-14(11)18/h2-6,8H,7H2,1H3,(H,20,21). The predicted octanol–water partition coefficient (Wildman–Crippen LogP) is 3.03. The molecule has 2 aromatic rings. The van der Waals surface area contributed by atoms with Crippen molar-refractivity contribution in [3.8, 4) is 11.8 Å². The molecule has 0 radical (unpaired) electrons. The van der Waals surface area contributed by atoms with Gasteiger partial charge in [0.25, 0.3) is 0 Å². The lowest BCUT2D eigenvalue weighted by atomic mass is 10.1. The van der Waals surface area contributed by atoms with E-state index in [0.717, 1.165) is 18.2 Å². The van der Waals surface area contributed by atoms with Gasteiger partial charge in [0.05, 0.1) is 24.8 Å². The van der Waals surface area contributed by atoms with E-state index in [4.69, 9.17) is 10.00 Å². The van der Waals surface area contributed by atoms with E-state index in [1.807, 2.05) is 6.07 Å². The quantitative estimate of drug-likeness (QED) is 0.944. The van der Waals surface area contributed by atoms with E-state index in [2.05, 4.69) is 5.32 Å². The second kappa shape index (κ2) is 6.68. The van der Waals surface area contributed by atoms with Crippen molar-refractivity contribution < 1.29 is 18.3 Å². The molecular weight excluding hydrogens is 290 g/mol. The average molecular weight is 302 g/mol. The first-order valence-electron chi connectivity index (χ1n) is 6.35. The first kappa shape index (κ1) is 15.4. The third-order valence-corrected chi connectivity index (χ3v) is 2.98. The number of rotatable bonds is 4. The fourth-order valence-corrected chi connectivity index (χ4v) is 1.90. The third kappa shape index (κ3) is 3.58. The molecule has 1 amide bonds. The Labute approximate surface area is 125 Å². The second-order valence-electron chi connectivity index (χ2n) is 4.48. The van der Waals surface area contributed by atoms with Gasteiger partial charge in [-0.1, -0.05) is 0 Å². The number of nitriles is 1. The van der Waals surface area contributed by atoms with Gasteiger partial charge >= 0.3 is 0 Å². The zero-order chi connectivity index (χ0) is 16.1. The highest BCUT2D eigenvalue weighted by Crippen LogP contribution is 2.22. The van der Waals surface area contributed by atoms with E-state index in [1.165, 1.54) is 19.2 Å². The monoisotopic (exact) mass is 302 g/mol. The number of nitrogens with zero attached hydrogens (tertiary/aromatic N) is 1. The molecule has 0 saturated heterocycles. The molecule has 0 aliphatic heterocycles. The Morgan fingerprint density at radius 1 is 1.27 bits per heavy atom. The number of benzene rings is 2. The number of carbonyl (C=O) groups excluding carboxylic acids is 1. The van der Waals surface area contributed by atoms with Crippen LogP contribution in [0, 0.1) is 23.0 Å². The lowest BCUT2D eigenvalue weighted by molar-refractivity contribution is -0.115. The molecule has 0 spiro atoms. The van der Waals surface area contributed by atoms with Gasteiger partial charge in [0.15, 0.2) is 0 Å². The number of nitrogens with one attached hydrogen (secondary N) is 1. The van der Waals surface area contributed by atoms with Gasteiger partial charge in [0.1, 0.15) is 23.5 Å². The molecule has 22 heavy (non-hydrogen) atoms. The average Bonchev–Trinajstić information content (AvgIpc) is 2.50. The molecule has 0 aliphatic rings. The molecular formula is C16H12F2N2O2. The topological polar surface area (TPSA) is 62.1 Å². The molecule has 1 N–H and O–H groups in total. The first-order chi connectivity index (χ1) is 10.5. The summed E-state index contributed by atoms with van der Waals surface area (Å²) in [7, 11) is 1.45. The van der Waals surface area contributed by atoms with E-state index < -0.39 is 17.5 Å². The Balaban J connectivity index is 2.19. The molecule has 112 valence electrons. The highest BCUT2D eigenvalue weighted by atomic mass is 19.1. The molecule has 0 fully saturated rings. The number of methoxy groups -OCH3 is 1. The number of amides is 1. The van der Waals surface area contributed by atoms with Crippen LogP contribution in [-0.2, 0) is 11.2 Å². The lowest BCUT2D eigenvalue weighted by Gasteiger charge is -2.09. The normalized spacial score (nSPS) is 9.91. The third-order valence-electron chi connectivity index (χ3n) is 2.98. The summed E-state index contributed by atoms with van der Waals surface area (Å²) < 4.78 is 31.6. The van der Waals surface area contributed by atoms with Crippen LogP contribution >= 0.6 is 0 Å². The van der Waals surface area contributed by atoms with Crippen LogP contribution in [0.15, 0.2) is 36.4 Å². The molecule has 0 atom stereocenters. The minimum absolute atomic E-state index is 0.0566. The van der Waals surface area contributed by atoms with Gasteiger partial charge < -0.3 is 10.1 Å². The lowest BCUT2D eigenvalue weighted by Crippen LogP contribution is -2.16.